The van der Waals surface area contributed by atoms with E-state index in [1.54, 1.807) is 6.92 Å². The van der Waals surface area contributed by atoms with Crippen LogP contribution in [0.25, 0.3) is 0 Å². The normalized spacial score (nSPS) is 12.7. The number of nitrogen functional groups attached to an aromatic ring is 1. The third-order valence-electron chi connectivity index (χ3n) is 2.96. The summed E-state index contributed by atoms with van der Waals surface area (Å²) in [5, 5.41) is 3.08. The molecule has 1 unspecified atom stereocenters. The van der Waals surface area contributed by atoms with Crippen molar-refractivity contribution in [2.75, 3.05) is 31.7 Å². The average molecular weight is 269 g/mol. The van der Waals surface area contributed by atoms with Gasteiger partial charge in [0.2, 0.25) is 0 Å². The minimum Gasteiger partial charge on any atom is -0.383 e. The summed E-state index contributed by atoms with van der Waals surface area (Å²) < 4.78 is 1.34. The quantitative estimate of drug-likeness (QED) is 0.669. The molecule has 19 heavy (non-hydrogen) atoms. The predicted octanol–water partition coefficient (Wildman–Crippen LogP) is -0.109. The van der Waals surface area contributed by atoms with Crippen LogP contribution in [-0.4, -0.2) is 41.1 Å². The molecule has 0 amide bonds. The van der Waals surface area contributed by atoms with Gasteiger partial charge in [0.15, 0.2) is 0 Å². The van der Waals surface area contributed by atoms with Crippen LogP contribution in [0, 0.1) is 0 Å². The Bertz CT molecular complexity index is 532. The van der Waals surface area contributed by atoms with E-state index in [9.17, 15) is 9.59 Å². The summed E-state index contributed by atoms with van der Waals surface area (Å²) in [6, 6.07) is 0.0913. The zero-order valence-electron chi connectivity index (χ0n) is 12.0. The number of hydrogen-bond donors (Lipinski definition) is 3. The highest BCUT2D eigenvalue weighted by atomic mass is 16.2. The van der Waals surface area contributed by atoms with Crippen molar-refractivity contribution in [3.8, 4) is 0 Å². The van der Waals surface area contributed by atoms with Crippen molar-refractivity contribution in [1.29, 1.82) is 0 Å². The standard InChI is InChI=1S/C12H23N5O2/c1-5-17-10(13)9(11(18)15-12(17)19)14-8(2)6-7-16(3)4/h8,14H,5-7,13H2,1-4H3,(H,15,18,19). The van der Waals surface area contributed by atoms with E-state index < -0.39 is 11.2 Å². The van der Waals surface area contributed by atoms with Crippen molar-refractivity contribution in [3.05, 3.63) is 20.8 Å². The Hall–Kier alpha value is -1.76. The van der Waals surface area contributed by atoms with Crippen LogP contribution >= 0.6 is 0 Å². The first-order valence-electron chi connectivity index (χ1n) is 6.40. The van der Waals surface area contributed by atoms with Gasteiger partial charge < -0.3 is 16.0 Å². The molecule has 0 aromatic carbocycles. The van der Waals surface area contributed by atoms with Gasteiger partial charge in [0.05, 0.1) is 0 Å². The number of hydrogen-bond acceptors (Lipinski definition) is 5. The average Bonchev–Trinajstić information content (AvgIpc) is 2.32. The zero-order chi connectivity index (χ0) is 14.6. The summed E-state index contributed by atoms with van der Waals surface area (Å²) >= 11 is 0. The van der Waals surface area contributed by atoms with Gasteiger partial charge in [-0.05, 0) is 40.9 Å². The van der Waals surface area contributed by atoms with Crippen LogP contribution in [0.4, 0.5) is 11.5 Å². The summed E-state index contributed by atoms with van der Waals surface area (Å²) in [6.07, 6.45) is 0.872. The van der Waals surface area contributed by atoms with Crippen molar-refractivity contribution < 1.29 is 0 Å². The maximum atomic E-state index is 11.8. The Morgan fingerprint density at radius 3 is 2.58 bits per heavy atom. The molecular weight excluding hydrogens is 246 g/mol. The highest BCUT2D eigenvalue weighted by molar-refractivity contribution is 5.60. The molecule has 0 spiro atoms. The summed E-state index contributed by atoms with van der Waals surface area (Å²) in [7, 11) is 3.98. The molecule has 0 saturated carbocycles. The summed E-state index contributed by atoms with van der Waals surface area (Å²) in [5.41, 5.74) is 5.20. The molecule has 1 heterocycles. The molecule has 0 bridgehead atoms. The minimum atomic E-state index is -0.475. The van der Waals surface area contributed by atoms with Crippen molar-refractivity contribution >= 4 is 11.5 Å². The summed E-state index contributed by atoms with van der Waals surface area (Å²) in [4.78, 5) is 27.7. The van der Waals surface area contributed by atoms with E-state index in [-0.39, 0.29) is 17.5 Å². The van der Waals surface area contributed by atoms with Gasteiger partial charge in [-0.2, -0.15) is 0 Å². The number of nitrogens with two attached hydrogens (primary N) is 1. The Morgan fingerprint density at radius 2 is 2.05 bits per heavy atom. The van der Waals surface area contributed by atoms with E-state index in [1.165, 1.54) is 4.57 Å². The van der Waals surface area contributed by atoms with Crippen LogP contribution in [0.3, 0.4) is 0 Å². The number of H-pyrrole nitrogens is 1. The first-order valence-corrected chi connectivity index (χ1v) is 6.40. The van der Waals surface area contributed by atoms with Crippen molar-refractivity contribution in [2.45, 2.75) is 32.9 Å². The van der Waals surface area contributed by atoms with Crippen molar-refractivity contribution in [1.82, 2.24) is 14.5 Å². The fourth-order valence-electron chi connectivity index (χ4n) is 1.81. The summed E-state index contributed by atoms with van der Waals surface area (Å²) in [5.74, 6) is 0.188. The smallest absolute Gasteiger partial charge is 0.330 e. The maximum Gasteiger partial charge on any atom is 0.330 e. The van der Waals surface area contributed by atoms with Gasteiger partial charge in [0, 0.05) is 12.6 Å². The number of nitrogens with zero attached hydrogens (tertiary/aromatic N) is 2. The first-order chi connectivity index (χ1) is 8.86. The highest BCUT2D eigenvalue weighted by Crippen LogP contribution is 2.12. The molecule has 4 N–H and O–H groups in total. The first kappa shape index (κ1) is 15.3. The van der Waals surface area contributed by atoms with Gasteiger partial charge in [-0.1, -0.05) is 0 Å². The van der Waals surface area contributed by atoms with Crippen molar-refractivity contribution in [3.63, 3.8) is 0 Å². The van der Waals surface area contributed by atoms with E-state index in [1.807, 2.05) is 21.0 Å². The number of aromatic amines is 1. The summed E-state index contributed by atoms with van der Waals surface area (Å²) in [6.45, 7) is 5.10. The molecule has 0 radical (unpaired) electrons. The number of nitrogens with one attached hydrogen (secondary N) is 2. The van der Waals surface area contributed by atoms with Gasteiger partial charge >= 0.3 is 5.69 Å². The molecule has 1 aromatic rings. The van der Waals surface area contributed by atoms with Gasteiger partial charge in [0.25, 0.3) is 5.56 Å². The third kappa shape index (κ3) is 3.85. The molecule has 0 saturated heterocycles. The Kier molecular flexibility index (Phi) is 5.17. The van der Waals surface area contributed by atoms with Gasteiger partial charge in [-0.15, -0.1) is 0 Å². The van der Waals surface area contributed by atoms with E-state index in [2.05, 4.69) is 15.2 Å². The second kappa shape index (κ2) is 6.42. The molecule has 0 aliphatic carbocycles. The zero-order valence-corrected chi connectivity index (χ0v) is 12.0. The van der Waals surface area contributed by atoms with Crippen LogP contribution < -0.4 is 22.3 Å². The van der Waals surface area contributed by atoms with Crippen molar-refractivity contribution in [2.24, 2.45) is 0 Å². The monoisotopic (exact) mass is 269 g/mol. The van der Waals surface area contributed by atoms with Crippen LogP contribution in [0.15, 0.2) is 9.59 Å². The molecule has 1 aromatic heterocycles. The Labute approximate surface area is 112 Å². The fourth-order valence-corrected chi connectivity index (χ4v) is 1.81. The van der Waals surface area contributed by atoms with Crippen LogP contribution in [-0.2, 0) is 6.54 Å². The molecule has 1 rings (SSSR count). The number of rotatable bonds is 6. The molecule has 7 heteroatoms. The molecular formula is C12H23N5O2. The van der Waals surface area contributed by atoms with E-state index in [0.29, 0.717) is 6.54 Å². The minimum absolute atomic E-state index is 0.0913. The molecule has 0 fully saturated rings. The lowest BCUT2D eigenvalue weighted by molar-refractivity contribution is 0.390. The lowest BCUT2D eigenvalue weighted by Crippen LogP contribution is -2.35. The van der Waals surface area contributed by atoms with Crippen LogP contribution in [0.2, 0.25) is 0 Å². The van der Waals surface area contributed by atoms with Gasteiger partial charge in [-0.3, -0.25) is 14.3 Å². The number of aromatic nitrogens is 2. The molecule has 0 aliphatic rings. The van der Waals surface area contributed by atoms with Gasteiger partial charge in [0.1, 0.15) is 11.5 Å². The lowest BCUT2D eigenvalue weighted by atomic mass is 10.2. The lowest BCUT2D eigenvalue weighted by Gasteiger charge is -2.19. The Balaban J connectivity index is 2.95. The molecule has 7 nitrogen and oxygen atoms in total. The Morgan fingerprint density at radius 1 is 1.42 bits per heavy atom. The van der Waals surface area contributed by atoms with Crippen LogP contribution in [0.1, 0.15) is 20.3 Å². The SMILES string of the molecule is CCn1c(N)c(NC(C)CCN(C)C)c(=O)[nH]c1=O. The second-order valence-corrected chi connectivity index (χ2v) is 4.90. The van der Waals surface area contributed by atoms with Crippen LogP contribution in [0.5, 0.6) is 0 Å². The number of anilines is 2. The second-order valence-electron chi connectivity index (χ2n) is 4.90. The third-order valence-corrected chi connectivity index (χ3v) is 2.96. The maximum absolute atomic E-state index is 11.8. The fraction of sp³-hybridized carbons (Fsp3) is 0.667. The van der Waals surface area contributed by atoms with E-state index in [0.717, 1.165) is 13.0 Å². The highest BCUT2D eigenvalue weighted by Gasteiger charge is 2.13. The van der Waals surface area contributed by atoms with Gasteiger partial charge in [-0.25, -0.2) is 4.79 Å². The van der Waals surface area contributed by atoms with E-state index in [4.69, 9.17) is 5.73 Å². The molecule has 1 atom stereocenters. The predicted molar refractivity (Wildman–Crippen MR) is 77.7 cm³/mol. The topological polar surface area (TPSA) is 96.2 Å². The largest absolute Gasteiger partial charge is 0.383 e. The molecule has 108 valence electrons. The van der Waals surface area contributed by atoms with E-state index >= 15 is 0 Å². The molecule has 0 aliphatic heterocycles.